The summed E-state index contributed by atoms with van der Waals surface area (Å²) in [6.07, 6.45) is 9.32. The minimum atomic E-state index is 0.0772. The maximum Gasteiger partial charge on any atom is 0.219 e. The summed E-state index contributed by atoms with van der Waals surface area (Å²) >= 11 is 0. The number of methoxy groups -OCH3 is 1. The van der Waals surface area contributed by atoms with Crippen LogP contribution in [0.3, 0.4) is 0 Å². The van der Waals surface area contributed by atoms with E-state index in [0.29, 0.717) is 44.1 Å². The molecule has 0 spiro atoms. The molecule has 1 aromatic carbocycles. The molecule has 0 bridgehead atoms. The van der Waals surface area contributed by atoms with Gasteiger partial charge in [0.05, 0.1) is 7.11 Å². The molecule has 6 nitrogen and oxygen atoms in total. The van der Waals surface area contributed by atoms with E-state index in [2.05, 4.69) is 11.4 Å². The first-order valence-electron chi connectivity index (χ1n) is 10.8. The molecule has 0 saturated carbocycles. The zero-order valence-corrected chi connectivity index (χ0v) is 17.7. The van der Waals surface area contributed by atoms with Crippen molar-refractivity contribution >= 4 is 11.7 Å². The summed E-state index contributed by atoms with van der Waals surface area (Å²) in [6, 6.07) is 7.18. The predicted molar refractivity (Wildman–Crippen MR) is 114 cm³/mol. The molecule has 1 N–H and O–H groups in total. The Morgan fingerprint density at radius 1 is 1.07 bits per heavy atom. The van der Waals surface area contributed by atoms with Crippen molar-refractivity contribution < 1.29 is 23.8 Å². The van der Waals surface area contributed by atoms with Crippen molar-refractivity contribution in [3.63, 3.8) is 0 Å². The fourth-order valence-electron chi connectivity index (χ4n) is 3.65. The van der Waals surface area contributed by atoms with Gasteiger partial charge in [-0.1, -0.05) is 12.5 Å². The molecular formula is C24H31NO5. The number of amides is 1. The maximum atomic E-state index is 12.2. The number of unbranched alkanes of at least 4 members (excludes halogenated alkanes) is 2. The predicted octanol–water partition coefficient (Wildman–Crippen LogP) is 4.17. The van der Waals surface area contributed by atoms with Crippen LogP contribution in [0.4, 0.5) is 0 Å². The van der Waals surface area contributed by atoms with Gasteiger partial charge in [-0.3, -0.25) is 9.59 Å². The molecule has 3 rings (SSSR count). The van der Waals surface area contributed by atoms with Crippen LogP contribution >= 0.6 is 0 Å². The molecule has 0 radical (unpaired) electrons. The van der Waals surface area contributed by atoms with Crippen molar-refractivity contribution in [2.45, 2.75) is 44.9 Å². The number of carbonyl (C=O) groups excluding carboxylic acids is 2. The van der Waals surface area contributed by atoms with Gasteiger partial charge in [-0.25, -0.2) is 0 Å². The zero-order valence-electron chi connectivity index (χ0n) is 17.7. The van der Waals surface area contributed by atoms with E-state index < -0.39 is 0 Å². The lowest BCUT2D eigenvalue weighted by molar-refractivity contribution is -0.121. The van der Waals surface area contributed by atoms with Gasteiger partial charge in [-0.15, -0.1) is 0 Å². The molecule has 162 valence electrons. The molecule has 2 aliphatic rings. The minimum Gasteiger partial charge on any atom is -0.497 e. The van der Waals surface area contributed by atoms with Crippen LogP contribution in [-0.2, 0) is 14.3 Å². The van der Waals surface area contributed by atoms with E-state index in [1.807, 2.05) is 6.08 Å². The largest absolute Gasteiger partial charge is 0.497 e. The van der Waals surface area contributed by atoms with E-state index in [4.69, 9.17) is 14.2 Å². The summed E-state index contributed by atoms with van der Waals surface area (Å²) in [6.45, 7) is 1.88. The van der Waals surface area contributed by atoms with Gasteiger partial charge >= 0.3 is 0 Å². The molecule has 1 aliphatic carbocycles. The van der Waals surface area contributed by atoms with Crippen LogP contribution in [0, 0.1) is 5.92 Å². The van der Waals surface area contributed by atoms with E-state index in [1.165, 1.54) is 0 Å². The molecule has 0 aromatic heterocycles. The summed E-state index contributed by atoms with van der Waals surface area (Å²) in [4.78, 5) is 24.2. The van der Waals surface area contributed by atoms with Crippen molar-refractivity contribution in [2.24, 2.45) is 5.92 Å². The average Bonchev–Trinajstić information content (AvgIpc) is 2.78. The number of allylic oxidation sites excluding steroid dienone is 3. The van der Waals surface area contributed by atoms with Gasteiger partial charge in [0.25, 0.3) is 0 Å². The number of hydrogen-bond donors (Lipinski definition) is 1. The second-order valence-corrected chi connectivity index (χ2v) is 7.66. The maximum absolute atomic E-state index is 12.2. The number of rotatable bonds is 11. The van der Waals surface area contributed by atoms with E-state index in [-0.39, 0.29) is 11.7 Å². The Morgan fingerprint density at radius 3 is 2.63 bits per heavy atom. The number of nitrogens with one attached hydrogen (secondary N) is 1. The third-order valence-electron chi connectivity index (χ3n) is 5.42. The van der Waals surface area contributed by atoms with Gasteiger partial charge in [0.15, 0.2) is 11.5 Å². The Labute approximate surface area is 178 Å². The molecule has 1 amide bonds. The quantitative estimate of drug-likeness (QED) is 0.435. The number of hydrogen-bond acceptors (Lipinski definition) is 5. The van der Waals surface area contributed by atoms with Crippen LogP contribution in [0.5, 0.6) is 5.75 Å². The Kier molecular flexibility index (Phi) is 8.36. The van der Waals surface area contributed by atoms with E-state index in [0.717, 1.165) is 49.4 Å². The Morgan fingerprint density at radius 2 is 1.83 bits per heavy atom. The van der Waals surface area contributed by atoms with Gasteiger partial charge in [0, 0.05) is 31.4 Å². The summed E-state index contributed by atoms with van der Waals surface area (Å²) in [5.41, 5.74) is 0.707. The number of carbonyl (C=O) groups is 2. The fraction of sp³-hybridized carbons (Fsp3) is 0.500. The summed E-state index contributed by atoms with van der Waals surface area (Å²) in [5.74, 6) is 3.11. The monoisotopic (exact) mass is 413 g/mol. The van der Waals surface area contributed by atoms with Crippen LogP contribution in [0.15, 0.2) is 47.9 Å². The third kappa shape index (κ3) is 6.65. The van der Waals surface area contributed by atoms with Crippen molar-refractivity contribution in [3.05, 3.63) is 53.5 Å². The smallest absolute Gasteiger partial charge is 0.219 e. The van der Waals surface area contributed by atoms with Gasteiger partial charge in [-0.2, -0.15) is 0 Å². The standard InChI is InChI=1S/C24H31NO5/c1-28-20-10-8-19(9-11-20)21(26)5-3-2-4-6-24(27)25-14-13-18-7-12-22-23(17-18)30-16-15-29-22/h7-12,18H,2-6,13-17H2,1H3,(H,25,27). The van der Waals surface area contributed by atoms with Crippen LogP contribution in [0.2, 0.25) is 0 Å². The van der Waals surface area contributed by atoms with Gasteiger partial charge in [0.2, 0.25) is 5.91 Å². The number of benzene rings is 1. The number of ketones is 1. The lowest BCUT2D eigenvalue weighted by atomic mass is 9.95. The van der Waals surface area contributed by atoms with E-state index >= 15 is 0 Å². The lowest BCUT2D eigenvalue weighted by Crippen LogP contribution is -2.26. The Bertz CT molecular complexity index is 781. The summed E-state index contributed by atoms with van der Waals surface area (Å²) < 4.78 is 16.3. The van der Waals surface area contributed by atoms with Gasteiger partial charge in [0.1, 0.15) is 24.7 Å². The highest BCUT2D eigenvalue weighted by Gasteiger charge is 2.21. The Hall–Kier alpha value is -2.76. The molecule has 0 fully saturated rings. The SMILES string of the molecule is COc1ccc(C(=O)CCCCCC(=O)NCCC2C=CC3=C(C2)OCCO3)cc1. The zero-order chi connectivity index (χ0) is 21.2. The first-order valence-corrected chi connectivity index (χ1v) is 10.8. The molecular weight excluding hydrogens is 382 g/mol. The van der Waals surface area contributed by atoms with Crippen LogP contribution in [0.1, 0.15) is 55.3 Å². The van der Waals surface area contributed by atoms with Crippen LogP contribution < -0.4 is 10.1 Å². The van der Waals surface area contributed by atoms with Crippen molar-refractivity contribution in [1.82, 2.24) is 5.32 Å². The lowest BCUT2D eigenvalue weighted by Gasteiger charge is -2.26. The van der Waals surface area contributed by atoms with Crippen molar-refractivity contribution in [3.8, 4) is 5.75 Å². The van der Waals surface area contributed by atoms with Crippen molar-refractivity contribution in [1.29, 1.82) is 0 Å². The average molecular weight is 414 g/mol. The third-order valence-corrected chi connectivity index (χ3v) is 5.42. The van der Waals surface area contributed by atoms with Crippen molar-refractivity contribution in [2.75, 3.05) is 26.9 Å². The molecule has 1 aromatic rings. The normalized spacial score (nSPS) is 17.6. The number of Topliss-reactive ketones (excluding diaryl/α,β-unsaturated/α-hetero) is 1. The molecule has 1 atom stereocenters. The fourth-order valence-corrected chi connectivity index (χ4v) is 3.65. The number of ether oxygens (including phenoxy) is 3. The second-order valence-electron chi connectivity index (χ2n) is 7.66. The van der Waals surface area contributed by atoms with Gasteiger partial charge < -0.3 is 19.5 Å². The first kappa shape index (κ1) is 21.9. The van der Waals surface area contributed by atoms with E-state index in [9.17, 15) is 9.59 Å². The molecule has 30 heavy (non-hydrogen) atoms. The molecule has 1 aliphatic heterocycles. The topological polar surface area (TPSA) is 73.9 Å². The highest BCUT2D eigenvalue weighted by atomic mass is 16.6. The van der Waals surface area contributed by atoms with Gasteiger partial charge in [-0.05, 0) is 55.5 Å². The first-order chi connectivity index (χ1) is 14.7. The van der Waals surface area contributed by atoms with E-state index in [1.54, 1.807) is 31.4 Å². The van der Waals surface area contributed by atoms with Crippen LogP contribution in [-0.4, -0.2) is 38.6 Å². The summed E-state index contributed by atoms with van der Waals surface area (Å²) in [5, 5.41) is 3.00. The Balaban J connectivity index is 1.23. The molecule has 1 unspecified atom stereocenters. The minimum absolute atomic E-state index is 0.0772. The second kappa shape index (κ2) is 11.4. The summed E-state index contributed by atoms with van der Waals surface area (Å²) in [7, 11) is 1.61. The highest BCUT2D eigenvalue weighted by molar-refractivity contribution is 5.96. The molecule has 1 heterocycles. The van der Waals surface area contributed by atoms with Crippen LogP contribution in [0.25, 0.3) is 0 Å². The molecule has 6 heteroatoms. The molecule has 0 saturated heterocycles. The highest BCUT2D eigenvalue weighted by Crippen LogP contribution is 2.29.